The largest absolute Gasteiger partial charge is 0.399 e. The fraction of sp³-hybridized carbons (Fsp3) is 0.100. The van der Waals surface area contributed by atoms with Gasteiger partial charge in [-0.3, -0.25) is 4.79 Å². The Morgan fingerprint density at radius 3 is 2.69 bits per heavy atom. The van der Waals surface area contributed by atoms with Crippen LogP contribution < -0.4 is 11.1 Å². The van der Waals surface area contributed by atoms with Crippen molar-refractivity contribution in [2.24, 2.45) is 0 Å². The van der Waals surface area contributed by atoms with Crippen molar-refractivity contribution in [1.29, 1.82) is 0 Å². The molecule has 1 amide bonds. The molecule has 1 heterocycles. The van der Waals surface area contributed by atoms with E-state index in [0.717, 1.165) is 17.1 Å². The molecule has 3 N–H and O–H groups in total. The van der Waals surface area contributed by atoms with Crippen molar-refractivity contribution in [3.63, 3.8) is 0 Å². The summed E-state index contributed by atoms with van der Waals surface area (Å²) >= 11 is 1.15. The lowest BCUT2D eigenvalue weighted by atomic mass is 10.2. The highest BCUT2D eigenvalue weighted by molar-refractivity contribution is 7.10. The van der Waals surface area contributed by atoms with Gasteiger partial charge in [-0.05, 0) is 24.3 Å². The molecule has 0 saturated carbocycles. The van der Waals surface area contributed by atoms with Gasteiger partial charge in [-0.1, -0.05) is 0 Å². The second-order valence-corrected chi connectivity index (χ2v) is 3.98. The lowest BCUT2D eigenvalue weighted by Crippen LogP contribution is -2.04. The molecule has 0 bridgehead atoms. The number of nitrogen functional groups attached to an aromatic ring is 1. The first-order valence-corrected chi connectivity index (χ1v) is 5.40. The fourth-order valence-corrected chi connectivity index (χ4v) is 1.81. The molecule has 6 heteroatoms. The number of rotatable bonds is 2. The Morgan fingerprint density at radius 1 is 1.38 bits per heavy atom. The van der Waals surface area contributed by atoms with E-state index in [2.05, 4.69) is 14.7 Å². The summed E-state index contributed by atoms with van der Waals surface area (Å²) < 4.78 is 4.14. The van der Waals surface area contributed by atoms with Crippen molar-refractivity contribution in [1.82, 2.24) is 9.36 Å². The Balaban J connectivity index is 2.24. The summed E-state index contributed by atoms with van der Waals surface area (Å²) in [5, 5.41) is 3.09. The van der Waals surface area contributed by atoms with Gasteiger partial charge >= 0.3 is 0 Å². The molecule has 0 spiro atoms. The van der Waals surface area contributed by atoms with Gasteiger partial charge < -0.3 is 11.1 Å². The molecule has 2 rings (SSSR count). The average Bonchev–Trinajstić information content (AvgIpc) is 2.66. The zero-order chi connectivity index (χ0) is 11.5. The number of carbonyl (C=O) groups excluding carboxylic acids is 1. The summed E-state index contributed by atoms with van der Waals surface area (Å²) in [4.78, 5) is 15.0. The van der Waals surface area contributed by atoms with E-state index in [1.54, 1.807) is 12.1 Å². The van der Waals surface area contributed by atoms with Crippen molar-refractivity contribution >= 4 is 28.3 Å². The van der Waals surface area contributed by atoms with E-state index >= 15 is 0 Å². The SMILES string of the molecule is CC(=O)Nc1nc(-c2ccc(N)cc2)ns1. The highest BCUT2D eigenvalue weighted by atomic mass is 32.1. The van der Waals surface area contributed by atoms with E-state index in [9.17, 15) is 4.79 Å². The Labute approximate surface area is 96.5 Å². The van der Waals surface area contributed by atoms with E-state index in [0.29, 0.717) is 16.6 Å². The Bertz CT molecular complexity index is 506. The van der Waals surface area contributed by atoms with Crippen LogP contribution in [0.5, 0.6) is 0 Å². The van der Waals surface area contributed by atoms with Crippen molar-refractivity contribution in [3.8, 4) is 11.4 Å². The summed E-state index contributed by atoms with van der Waals surface area (Å²) in [6.45, 7) is 1.43. The minimum Gasteiger partial charge on any atom is -0.399 e. The maximum absolute atomic E-state index is 10.8. The van der Waals surface area contributed by atoms with Crippen LogP contribution >= 0.6 is 11.5 Å². The first-order valence-electron chi connectivity index (χ1n) is 4.62. The van der Waals surface area contributed by atoms with Gasteiger partial charge in [0, 0.05) is 29.7 Å². The van der Waals surface area contributed by atoms with E-state index in [4.69, 9.17) is 5.73 Å². The van der Waals surface area contributed by atoms with Gasteiger partial charge in [-0.25, -0.2) is 0 Å². The average molecular weight is 234 g/mol. The maximum atomic E-state index is 10.8. The molecular formula is C10H10N4OS. The summed E-state index contributed by atoms with van der Waals surface area (Å²) in [6, 6.07) is 7.26. The standard InChI is InChI=1S/C10H10N4OS/c1-6(15)12-10-13-9(14-16-10)7-2-4-8(11)5-3-7/h2-5H,11H2,1H3,(H,12,13,14,15). The van der Waals surface area contributed by atoms with Gasteiger partial charge in [-0.2, -0.15) is 9.36 Å². The molecule has 0 aliphatic carbocycles. The Hall–Kier alpha value is -1.95. The number of carbonyl (C=O) groups is 1. The number of hydrogen-bond acceptors (Lipinski definition) is 5. The van der Waals surface area contributed by atoms with Crippen LogP contribution in [0.15, 0.2) is 24.3 Å². The van der Waals surface area contributed by atoms with E-state index in [1.807, 2.05) is 12.1 Å². The monoisotopic (exact) mass is 234 g/mol. The van der Waals surface area contributed by atoms with E-state index < -0.39 is 0 Å². The second-order valence-electron chi connectivity index (χ2n) is 3.23. The molecule has 16 heavy (non-hydrogen) atoms. The number of nitrogens with one attached hydrogen (secondary N) is 1. The van der Waals surface area contributed by atoms with Gasteiger partial charge in [0.1, 0.15) is 0 Å². The summed E-state index contributed by atoms with van der Waals surface area (Å²) in [5.74, 6) is 0.439. The zero-order valence-electron chi connectivity index (χ0n) is 8.60. The van der Waals surface area contributed by atoms with Crippen LogP contribution in [0.25, 0.3) is 11.4 Å². The van der Waals surface area contributed by atoms with E-state index in [1.165, 1.54) is 6.92 Å². The molecular weight excluding hydrogens is 224 g/mol. The zero-order valence-corrected chi connectivity index (χ0v) is 9.41. The summed E-state index contributed by atoms with van der Waals surface area (Å²) in [5.41, 5.74) is 7.15. The third-order valence-electron chi connectivity index (χ3n) is 1.88. The number of anilines is 2. The summed E-state index contributed by atoms with van der Waals surface area (Å²) in [7, 11) is 0. The van der Waals surface area contributed by atoms with Crippen LogP contribution in [0, 0.1) is 0 Å². The smallest absolute Gasteiger partial charge is 0.223 e. The number of hydrogen-bond donors (Lipinski definition) is 2. The molecule has 0 fully saturated rings. The maximum Gasteiger partial charge on any atom is 0.223 e. The van der Waals surface area contributed by atoms with Crippen LogP contribution in [0.2, 0.25) is 0 Å². The number of aromatic nitrogens is 2. The highest BCUT2D eigenvalue weighted by Crippen LogP contribution is 2.21. The molecule has 1 aromatic carbocycles. The predicted octanol–water partition coefficient (Wildman–Crippen LogP) is 1.75. The van der Waals surface area contributed by atoms with Gasteiger partial charge in [0.15, 0.2) is 5.82 Å². The number of nitrogens with zero attached hydrogens (tertiary/aromatic N) is 2. The Kier molecular flexibility index (Phi) is 2.82. The van der Waals surface area contributed by atoms with Crippen molar-refractivity contribution in [2.45, 2.75) is 6.92 Å². The quantitative estimate of drug-likeness (QED) is 0.775. The fourth-order valence-electron chi connectivity index (χ4n) is 1.17. The third kappa shape index (κ3) is 2.34. The predicted molar refractivity (Wildman–Crippen MR) is 64.1 cm³/mol. The van der Waals surface area contributed by atoms with Crippen molar-refractivity contribution in [2.75, 3.05) is 11.1 Å². The third-order valence-corrected chi connectivity index (χ3v) is 2.51. The van der Waals surface area contributed by atoms with Crippen LogP contribution in [-0.2, 0) is 4.79 Å². The van der Waals surface area contributed by atoms with Gasteiger partial charge in [-0.15, -0.1) is 0 Å². The molecule has 0 saturated heterocycles. The molecule has 5 nitrogen and oxygen atoms in total. The van der Waals surface area contributed by atoms with Gasteiger partial charge in [0.05, 0.1) is 0 Å². The molecule has 0 aliphatic rings. The molecule has 0 radical (unpaired) electrons. The minimum absolute atomic E-state index is 0.153. The van der Waals surface area contributed by atoms with Crippen LogP contribution in [0.4, 0.5) is 10.8 Å². The lowest BCUT2D eigenvalue weighted by molar-refractivity contribution is -0.114. The Morgan fingerprint density at radius 2 is 2.06 bits per heavy atom. The molecule has 1 aromatic heterocycles. The van der Waals surface area contributed by atoms with E-state index in [-0.39, 0.29) is 5.91 Å². The molecule has 0 atom stereocenters. The van der Waals surface area contributed by atoms with Crippen molar-refractivity contribution in [3.05, 3.63) is 24.3 Å². The molecule has 0 aliphatic heterocycles. The van der Waals surface area contributed by atoms with Crippen LogP contribution in [-0.4, -0.2) is 15.3 Å². The van der Waals surface area contributed by atoms with Crippen molar-refractivity contribution < 1.29 is 4.79 Å². The molecule has 2 aromatic rings. The summed E-state index contributed by atoms with van der Waals surface area (Å²) in [6.07, 6.45) is 0. The number of amides is 1. The minimum atomic E-state index is -0.153. The highest BCUT2D eigenvalue weighted by Gasteiger charge is 2.06. The first kappa shape index (κ1) is 10.6. The number of benzene rings is 1. The molecule has 0 unspecified atom stereocenters. The van der Waals surface area contributed by atoms with Gasteiger partial charge in [0.2, 0.25) is 11.0 Å². The topological polar surface area (TPSA) is 80.9 Å². The second kappa shape index (κ2) is 4.28. The first-order chi connectivity index (χ1) is 7.65. The normalized spacial score (nSPS) is 10.1. The van der Waals surface area contributed by atoms with Crippen LogP contribution in [0.1, 0.15) is 6.92 Å². The van der Waals surface area contributed by atoms with Gasteiger partial charge in [0.25, 0.3) is 0 Å². The lowest BCUT2D eigenvalue weighted by Gasteiger charge is -1.96. The molecule has 82 valence electrons. The number of nitrogens with two attached hydrogens (primary N) is 1. The van der Waals surface area contributed by atoms with Crippen LogP contribution in [0.3, 0.4) is 0 Å².